The maximum atomic E-state index is 10.4. The molecule has 21 heavy (non-hydrogen) atoms. The van der Waals surface area contributed by atoms with E-state index in [1.165, 1.54) is 17.0 Å². The molecule has 1 aliphatic carbocycles. The molecule has 0 spiro atoms. The fourth-order valence-corrected chi connectivity index (χ4v) is 4.00. The first kappa shape index (κ1) is 14.8. The number of aryl methyl sites for hydroxylation is 1. The Morgan fingerprint density at radius 3 is 3.19 bits per heavy atom. The van der Waals surface area contributed by atoms with Gasteiger partial charge in [-0.25, -0.2) is 4.98 Å². The van der Waals surface area contributed by atoms with Gasteiger partial charge in [-0.3, -0.25) is 0 Å². The van der Waals surface area contributed by atoms with E-state index in [1.54, 1.807) is 25.3 Å². The Kier molecular flexibility index (Phi) is 4.15. The maximum Gasteiger partial charge on any atom is 0.136 e. The van der Waals surface area contributed by atoms with Gasteiger partial charge in [0.1, 0.15) is 16.4 Å². The molecule has 3 rings (SSSR count). The molecule has 0 amide bonds. The van der Waals surface area contributed by atoms with E-state index < -0.39 is 5.60 Å². The third-order valence-corrected chi connectivity index (χ3v) is 5.15. The van der Waals surface area contributed by atoms with Gasteiger partial charge in [-0.05, 0) is 44.2 Å². The Bertz CT molecular complexity index is 589. The first-order valence-electron chi connectivity index (χ1n) is 7.49. The summed E-state index contributed by atoms with van der Waals surface area (Å²) in [5.41, 5.74) is 0.294. The zero-order chi connectivity index (χ0) is 14.9. The second-order valence-corrected chi connectivity index (χ2v) is 7.35. The molecule has 0 bridgehead atoms. The third-order valence-electron chi connectivity index (χ3n) is 4.03. The molecule has 0 saturated carbocycles. The molecule has 4 nitrogen and oxygen atoms in total. The van der Waals surface area contributed by atoms with Crippen LogP contribution in [0.2, 0.25) is 0 Å². The zero-order valence-corrected chi connectivity index (χ0v) is 13.4. The quantitative estimate of drug-likeness (QED) is 0.892. The lowest BCUT2D eigenvalue weighted by molar-refractivity contribution is 0.0340. The van der Waals surface area contributed by atoms with Crippen LogP contribution in [0, 0.1) is 5.92 Å². The number of fused-ring (bicyclic) bond motifs is 1. The highest BCUT2D eigenvalue weighted by Crippen LogP contribution is 2.29. The van der Waals surface area contributed by atoms with E-state index in [0.717, 1.165) is 23.8 Å². The molecule has 2 heterocycles. The number of hydrogen-bond acceptors (Lipinski definition) is 5. The van der Waals surface area contributed by atoms with Crippen LogP contribution in [0.25, 0.3) is 0 Å². The standard InChI is InChI=1S/C16H22N2O2S/c1-11-5-6-12-13(8-11)21-15(18-12)9-17-10-16(2,19)14-4-3-7-20-14/h3-4,7,11,17,19H,5-6,8-10H2,1-2H3. The van der Waals surface area contributed by atoms with E-state index in [4.69, 9.17) is 9.40 Å². The Balaban J connectivity index is 1.56. The van der Waals surface area contributed by atoms with Gasteiger partial charge in [-0.1, -0.05) is 6.92 Å². The van der Waals surface area contributed by atoms with Crippen molar-refractivity contribution in [2.45, 2.75) is 45.3 Å². The molecule has 0 radical (unpaired) electrons. The molecule has 1 aliphatic rings. The number of aromatic nitrogens is 1. The van der Waals surface area contributed by atoms with Gasteiger partial charge in [0.05, 0.1) is 12.0 Å². The van der Waals surface area contributed by atoms with Crippen molar-refractivity contribution in [3.8, 4) is 0 Å². The van der Waals surface area contributed by atoms with Crippen molar-refractivity contribution in [2.24, 2.45) is 5.92 Å². The lowest BCUT2D eigenvalue weighted by atomic mass is 9.93. The fourth-order valence-electron chi connectivity index (χ4n) is 2.75. The van der Waals surface area contributed by atoms with Crippen molar-refractivity contribution in [2.75, 3.05) is 6.54 Å². The second-order valence-electron chi connectivity index (χ2n) is 6.18. The van der Waals surface area contributed by atoms with Crippen molar-refractivity contribution in [1.82, 2.24) is 10.3 Å². The second kappa shape index (κ2) is 5.91. The van der Waals surface area contributed by atoms with Gasteiger partial charge in [0, 0.05) is 18.0 Å². The van der Waals surface area contributed by atoms with Crippen molar-refractivity contribution in [3.63, 3.8) is 0 Å². The molecule has 2 atom stereocenters. The Hall–Kier alpha value is -1.17. The topological polar surface area (TPSA) is 58.3 Å². The van der Waals surface area contributed by atoms with Crippen molar-refractivity contribution in [1.29, 1.82) is 0 Å². The summed E-state index contributed by atoms with van der Waals surface area (Å²) < 4.78 is 5.28. The van der Waals surface area contributed by atoms with Gasteiger partial charge in [0.15, 0.2) is 0 Å². The summed E-state index contributed by atoms with van der Waals surface area (Å²) in [7, 11) is 0. The number of thiazole rings is 1. The summed E-state index contributed by atoms with van der Waals surface area (Å²) in [4.78, 5) is 6.17. The zero-order valence-electron chi connectivity index (χ0n) is 12.6. The van der Waals surface area contributed by atoms with Crippen molar-refractivity contribution in [3.05, 3.63) is 39.7 Å². The lowest BCUT2D eigenvalue weighted by Crippen LogP contribution is -2.34. The molecule has 114 valence electrons. The normalized spacial score (nSPS) is 21.0. The third kappa shape index (κ3) is 3.36. The van der Waals surface area contributed by atoms with Gasteiger partial charge < -0.3 is 14.8 Å². The Morgan fingerprint density at radius 2 is 2.43 bits per heavy atom. The predicted molar refractivity (Wildman–Crippen MR) is 83.3 cm³/mol. The largest absolute Gasteiger partial charge is 0.466 e. The van der Waals surface area contributed by atoms with Crippen LogP contribution in [0.4, 0.5) is 0 Å². The van der Waals surface area contributed by atoms with Crippen molar-refractivity contribution < 1.29 is 9.52 Å². The summed E-state index contributed by atoms with van der Waals surface area (Å²) in [6, 6.07) is 3.59. The number of hydrogen-bond donors (Lipinski definition) is 2. The van der Waals surface area contributed by atoms with Crippen LogP contribution in [0.15, 0.2) is 22.8 Å². The highest BCUT2D eigenvalue weighted by molar-refractivity contribution is 7.11. The molecule has 2 N–H and O–H groups in total. The van der Waals surface area contributed by atoms with E-state index in [1.807, 2.05) is 11.3 Å². The molecular formula is C16H22N2O2S. The van der Waals surface area contributed by atoms with Gasteiger partial charge in [-0.2, -0.15) is 0 Å². The van der Waals surface area contributed by atoms with Crippen LogP contribution < -0.4 is 5.32 Å². The first-order valence-corrected chi connectivity index (χ1v) is 8.31. The van der Waals surface area contributed by atoms with Gasteiger partial charge in [0.2, 0.25) is 0 Å². The highest BCUT2D eigenvalue weighted by Gasteiger charge is 2.26. The van der Waals surface area contributed by atoms with Crippen LogP contribution in [-0.2, 0) is 25.0 Å². The summed E-state index contributed by atoms with van der Waals surface area (Å²) in [6.07, 6.45) is 5.10. The summed E-state index contributed by atoms with van der Waals surface area (Å²) in [5, 5.41) is 14.8. The summed E-state index contributed by atoms with van der Waals surface area (Å²) in [6.45, 7) is 5.21. The highest BCUT2D eigenvalue weighted by atomic mass is 32.1. The monoisotopic (exact) mass is 306 g/mol. The van der Waals surface area contributed by atoms with Crippen LogP contribution in [0.5, 0.6) is 0 Å². The Labute approximate surface area is 129 Å². The van der Waals surface area contributed by atoms with Gasteiger partial charge in [0.25, 0.3) is 0 Å². The summed E-state index contributed by atoms with van der Waals surface area (Å²) in [5.74, 6) is 1.36. The average molecular weight is 306 g/mol. The summed E-state index contributed by atoms with van der Waals surface area (Å²) >= 11 is 1.81. The number of nitrogens with one attached hydrogen (secondary N) is 1. The van der Waals surface area contributed by atoms with E-state index in [9.17, 15) is 5.11 Å². The number of aliphatic hydroxyl groups is 1. The predicted octanol–water partition coefficient (Wildman–Crippen LogP) is 2.86. The minimum atomic E-state index is -0.991. The first-order chi connectivity index (χ1) is 10.0. The van der Waals surface area contributed by atoms with Gasteiger partial charge >= 0.3 is 0 Å². The minimum absolute atomic E-state index is 0.446. The smallest absolute Gasteiger partial charge is 0.136 e. The van der Waals surface area contributed by atoms with E-state index in [2.05, 4.69) is 12.2 Å². The molecular weight excluding hydrogens is 284 g/mol. The van der Waals surface area contributed by atoms with E-state index in [-0.39, 0.29) is 0 Å². The average Bonchev–Trinajstić information content (AvgIpc) is 3.06. The maximum absolute atomic E-state index is 10.4. The number of nitrogens with zero attached hydrogens (tertiary/aromatic N) is 1. The van der Waals surface area contributed by atoms with Crippen LogP contribution in [-0.4, -0.2) is 16.6 Å². The van der Waals surface area contributed by atoms with Gasteiger partial charge in [-0.15, -0.1) is 11.3 Å². The number of rotatable bonds is 5. The molecule has 5 heteroatoms. The van der Waals surface area contributed by atoms with E-state index in [0.29, 0.717) is 18.8 Å². The van der Waals surface area contributed by atoms with Crippen LogP contribution >= 0.6 is 11.3 Å². The molecule has 2 unspecified atom stereocenters. The fraction of sp³-hybridized carbons (Fsp3) is 0.562. The molecule has 2 aromatic heterocycles. The lowest BCUT2D eigenvalue weighted by Gasteiger charge is -2.20. The molecule has 2 aromatic rings. The number of furan rings is 1. The SMILES string of the molecule is CC1CCc2nc(CNCC(C)(O)c3ccco3)sc2C1. The van der Waals surface area contributed by atoms with Crippen LogP contribution in [0.3, 0.4) is 0 Å². The minimum Gasteiger partial charge on any atom is -0.466 e. The Morgan fingerprint density at radius 1 is 1.57 bits per heavy atom. The van der Waals surface area contributed by atoms with Crippen molar-refractivity contribution >= 4 is 11.3 Å². The molecule has 0 aliphatic heterocycles. The van der Waals surface area contributed by atoms with Crippen LogP contribution in [0.1, 0.15) is 41.6 Å². The molecule has 0 aromatic carbocycles. The van der Waals surface area contributed by atoms with E-state index >= 15 is 0 Å². The molecule has 0 fully saturated rings. The molecule has 0 saturated heterocycles.